The summed E-state index contributed by atoms with van der Waals surface area (Å²) in [6.07, 6.45) is 107. The van der Waals surface area contributed by atoms with E-state index in [-0.39, 0.29) is 32.2 Å². The lowest BCUT2D eigenvalue weighted by Gasteiger charge is -2.25. The quantitative estimate of drug-likeness (QED) is 0.0211. The maximum absolute atomic E-state index is 13.0. The maximum Gasteiger partial charge on any atom is 0.361 e. The lowest BCUT2D eigenvalue weighted by molar-refractivity contribution is -0.870. The second-order valence-electron chi connectivity index (χ2n) is 28.7. The molecule has 0 amide bonds. The van der Waals surface area contributed by atoms with Crippen molar-refractivity contribution < 1.29 is 42.9 Å². The van der Waals surface area contributed by atoms with E-state index in [1.807, 2.05) is 21.1 Å². The van der Waals surface area contributed by atoms with Gasteiger partial charge in [0.05, 0.1) is 34.4 Å². The molecule has 97 heavy (non-hydrogen) atoms. The predicted molar refractivity (Wildman–Crippen MR) is 419 cm³/mol. The van der Waals surface area contributed by atoms with E-state index in [0.717, 1.165) is 89.9 Å². The fourth-order valence-corrected chi connectivity index (χ4v) is 11.8. The van der Waals surface area contributed by atoms with Crippen LogP contribution in [-0.2, 0) is 33.3 Å². The molecule has 0 heterocycles. The Hall–Kier alpha value is -4.05. The highest BCUT2D eigenvalue weighted by Crippen LogP contribution is 2.19. The third kappa shape index (κ3) is 79.2. The molecule has 0 fully saturated rings. The number of carboxylic acid groups (broad SMARTS) is 1. The van der Waals surface area contributed by atoms with E-state index in [4.69, 9.17) is 18.9 Å². The number of hydrogen-bond donors (Lipinski definition) is 1. The summed E-state index contributed by atoms with van der Waals surface area (Å²) < 4.78 is 23.1. The zero-order chi connectivity index (χ0) is 70.4. The van der Waals surface area contributed by atoms with Crippen molar-refractivity contribution in [2.45, 2.75) is 386 Å². The van der Waals surface area contributed by atoms with Gasteiger partial charge in [-0.1, -0.05) is 367 Å². The van der Waals surface area contributed by atoms with Crippen molar-refractivity contribution in [1.29, 1.82) is 0 Å². The number of quaternary nitrogens is 1. The van der Waals surface area contributed by atoms with Crippen molar-refractivity contribution in [3.05, 3.63) is 109 Å². The van der Waals surface area contributed by atoms with Gasteiger partial charge in [0.2, 0.25) is 0 Å². The fraction of sp³-hybridized carbons (Fsp3) is 0.761. The van der Waals surface area contributed by atoms with Crippen LogP contribution in [0.5, 0.6) is 0 Å². The monoisotopic (exact) mass is 1360 g/mol. The molecule has 9 nitrogen and oxygen atoms in total. The number of carbonyl (C=O) groups excluding carboxylic acids is 2. The Labute approximate surface area is 600 Å². The van der Waals surface area contributed by atoms with Gasteiger partial charge in [0.15, 0.2) is 6.10 Å². The van der Waals surface area contributed by atoms with E-state index < -0.39 is 24.3 Å². The van der Waals surface area contributed by atoms with Crippen LogP contribution in [0.25, 0.3) is 0 Å². The molecule has 0 radical (unpaired) electrons. The molecule has 0 aromatic carbocycles. The van der Waals surface area contributed by atoms with Crippen molar-refractivity contribution in [2.75, 3.05) is 47.5 Å². The zero-order valence-electron chi connectivity index (χ0n) is 64.2. The zero-order valence-corrected chi connectivity index (χ0v) is 64.2. The van der Waals surface area contributed by atoms with Crippen LogP contribution in [0.4, 0.5) is 0 Å². The minimum atomic E-state index is -1.51. The lowest BCUT2D eigenvalue weighted by Crippen LogP contribution is -2.40. The summed E-state index contributed by atoms with van der Waals surface area (Å²) in [4.78, 5) is 37.8. The molecule has 0 bridgehead atoms. The third-order valence-corrected chi connectivity index (χ3v) is 18.0. The maximum atomic E-state index is 13.0. The Morgan fingerprint density at radius 2 is 0.588 bits per heavy atom. The number of likely N-dealkylation sites (N-methyl/N-ethyl adjacent to an activating group) is 1. The van der Waals surface area contributed by atoms with E-state index >= 15 is 0 Å². The minimum absolute atomic E-state index is 0.181. The van der Waals surface area contributed by atoms with Crippen LogP contribution in [0.3, 0.4) is 0 Å². The lowest BCUT2D eigenvalue weighted by atomic mass is 10.0. The molecule has 9 heteroatoms. The van der Waals surface area contributed by atoms with Crippen molar-refractivity contribution in [3.63, 3.8) is 0 Å². The summed E-state index contributed by atoms with van der Waals surface area (Å²) in [6, 6.07) is 0. The number of allylic oxidation sites excluding steroid dienone is 18. The molecule has 0 spiro atoms. The SMILES string of the molecule is CC/C=C\C/C=C\C/C=C\C/C=C\C/C=C\C/C=C\C/C=C\CCCCCCCCCCCCCCCCCC(=O)OC(COC(=O)CCCCCCCCCCCCCCCCCCCCCCCCC/C=C\C/C=C\CCCCCCC)COC(OCC[N+](C)(C)C)C(=O)O. The second kappa shape index (κ2) is 77.7. The van der Waals surface area contributed by atoms with Gasteiger partial charge in [-0.25, -0.2) is 4.79 Å². The molecule has 0 saturated heterocycles. The number of carboxylic acids is 1. The van der Waals surface area contributed by atoms with Gasteiger partial charge >= 0.3 is 17.9 Å². The molecule has 0 rings (SSSR count). The first kappa shape index (κ1) is 93.0. The molecule has 0 saturated carbocycles. The van der Waals surface area contributed by atoms with Crippen LogP contribution >= 0.6 is 0 Å². The van der Waals surface area contributed by atoms with Crippen molar-refractivity contribution in [1.82, 2.24) is 0 Å². The number of hydrogen-bond acceptors (Lipinski definition) is 7. The highest BCUT2D eigenvalue weighted by Gasteiger charge is 2.25. The summed E-state index contributed by atoms with van der Waals surface area (Å²) >= 11 is 0. The van der Waals surface area contributed by atoms with Crippen LogP contribution < -0.4 is 0 Å². The molecule has 2 atom stereocenters. The summed E-state index contributed by atoms with van der Waals surface area (Å²) in [6.45, 7) is 4.80. The Balaban J connectivity index is 4.01. The highest BCUT2D eigenvalue weighted by atomic mass is 16.7. The third-order valence-electron chi connectivity index (χ3n) is 18.0. The number of nitrogens with zero attached hydrogens (tertiary/aromatic N) is 1. The Bertz CT molecular complexity index is 1970. The molecule has 0 aliphatic carbocycles. The summed E-state index contributed by atoms with van der Waals surface area (Å²) in [5, 5.41) is 9.78. The van der Waals surface area contributed by atoms with Crippen molar-refractivity contribution in [2.24, 2.45) is 0 Å². The van der Waals surface area contributed by atoms with Gasteiger partial charge in [0.1, 0.15) is 13.2 Å². The van der Waals surface area contributed by atoms with Crippen LogP contribution in [0.15, 0.2) is 109 Å². The summed E-state index contributed by atoms with van der Waals surface area (Å²) in [5.41, 5.74) is 0. The summed E-state index contributed by atoms with van der Waals surface area (Å²) in [7, 11) is 5.99. The molecule has 2 unspecified atom stereocenters. The largest absolute Gasteiger partial charge is 0.477 e. The van der Waals surface area contributed by atoms with E-state index in [0.29, 0.717) is 17.4 Å². The number of rotatable bonds is 76. The molecule has 0 aliphatic rings. The van der Waals surface area contributed by atoms with Crippen molar-refractivity contribution in [3.8, 4) is 0 Å². The number of carbonyl (C=O) groups is 3. The molecule has 560 valence electrons. The Morgan fingerprint density at radius 1 is 0.320 bits per heavy atom. The van der Waals surface area contributed by atoms with E-state index in [2.05, 4.69) is 123 Å². The number of esters is 2. The second-order valence-corrected chi connectivity index (χ2v) is 28.7. The summed E-state index contributed by atoms with van der Waals surface area (Å²) in [5.74, 6) is -1.99. The first-order chi connectivity index (χ1) is 47.6. The average molecular weight is 1360 g/mol. The Morgan fingerprint density at radius 3 is 0.876 bits per heavy atom. The first-order valence-corrected chi connectivity index (χ1v) is 41.1. The van der Waals surface area contributed by atoms with Crippen LogP contribution in [0.2, 0.25) is 0 Å². The molecule has 0 aromatic heterocycles. The van der Waals surface area contributed by atoms with Gasteiger partial charge in [-0.05, 0) is 103 Å². The number of unbranched alkanes of at least 4 members (excludes halogenated alkanes) is 43. The van der Waals surface area contributed by atoms with Gasteiger partial charge in [-0.15, -0.1) is 0 Å². The number of aliphatic carboxylic acids is 1. The molecule has 0 aliphatic heterocycles. The van der Waals surface area contributed by atoms with Crippen LogP contribution in [0, 0.1) is 0 Å². The smallest absolute Gasteiger partial charge is 0.361 e. The van der Waals surface area contributed by atoms with Gasteiger partial charge in [-0.3, -0.25) is 9.59 Å². The van der Waals surface area contributed by atoms with Crippen LogP contribution in [-0.4, -0.2) is 87.4 Å². The minimum Gasteiger partial charge on any atom is -0.477 e. The normalized spacial score (nSPS) is 13.2. The van der Waals surface area contributed by atoms with Gasteiger partial charge < -0.3 is 28.5 Å². The van der Waals surface area contributed by atoms with Gasteiger partial charge in [-0.2, -0.15) is 0 Å². The van der Waals surface area contributed by atoms with E-state index in [1.165, 1.54) is 257 Å². The Kier molecular flexibility index (Phi) is 74.4. The predicted octanol–water partition coefficient (Wildman–Crippen LogP) is 26.5. The molecule has 1 N–H and O–H groups in total. The van der Waals surface area contributed by atoms with Crippen LogP contribution in [0.1, 0.15) is 373 Å². The topological polar surface area (TPSA) is 108 Å². The molecular formula is C88H156NO8+. The van der Waals surface area contributed by atoms with E-state index in [9.17, 15) is 19.5 Å². The van der Waals surface area contributed by atoms with Crippen molar-refractivity contribution >= 4 is 17.9 Å². The molecular weight excluding hydrogens is 1200 g/mol. The van der Waals surface area contributed by atoms with E-state index in [1.54, 1.807) is 0 Å². The number of ether oxygens (including phenoxy) is 4. The fourth-order valence-electron chi connectivity index (χ4n) is 11.8. The average Bonchev–Trinajstić information content (AvgIpc) is 3.11. The first-order valence-electron chi connectivity index (χ1n) is 41.1. The van der Waals surface area contributed by atoms with Gasteiger partial charge in [0, 0.05) is 12.8 Å². The highest BCUT2D eigenvalue weighted by molar-refractivity contribution is 5.71. The standard InChI is InChI=1S/C88H155NO8/c1-6-8-10-12-14-16-18-20-22-24-26-28-30-32-34-36-38-40-42-43-45-47-49-51-53-55-57-59-61-63-65-67-69-71-73-75-77-79-86(91)97-84(83-96-88(87(92)93)94-81-80-89(3,4)5)82-95-85(90)78-76-74-72-70-68-66-64-62-60-58-56-54-52-50-48-46-44-41-39-37-35-33-31-29-27-25-23-21-19-17-15-13-11-9-7-2/h8,10,14,16,19-22,25-28,32,34,38,40,43,45,84,88H,6-7,9,11-13,15,17-18,23-24,29-31,33,35-37,39,41-42,44,46-83H2,1-5H3/p+1/b10-8-,16-14-,21-19-,22-20-,27-25-,28-26-,34-32-,40-38-,45-43-. The molecule has 0 aromatic rings. The van der Waals surface area contributed by atoms with Gasteiger partial charge in [0.25, 0.3) is 6.29 Å².